The Morgan fingerprint density at radius 2 is 1.10 bits per heavy atom. The molecule has 5 aromatic carbocycles. The van der Waals surface area contributed by atoms with Crippen LogP contribution in [-0.4, -0.2) is 31.4 Å². The third-order valence-electron chi connectivity index (χ3n) is 8.36. The van der Waals surface area contributed by atoms with Gasteiger partial charge >= 0.3 is 0 Å². The lowest BCUT2D eigenvalue weighted by Gasteiger charge is -2.26. The fraction of sp³-hybridized carbons (Fsp3) is 0.150. The van der Waals surface area contributed by atoms with Gasteiger partial charge < -0.3 is 20.1 Å². The molecule has 0 saturated carbocycles. The molecule has 0 aliphatic rings. The quantitative estimate of drug-likeness (QED) is 0.140. The van der Waals surface area contributed by atoms with Crippen LogP contribution in [0.15, 0.2) is 103 Å². The van der Waals surface area contributed by atoms with Crippen LogP contribution in [0.4, 0.5) is 5.69 Å². The first-order chi connectivity index (χ1) is 23.0. The van der Waals surface area contributed by atoms with Crippen molar-refractivity contribution in [2.45, 2.75) is 33.1 Å². The molecule has 8 nitrogen and oxygen atoms in total. The van der Waals surface area contributed by atoms with Gasteiger partial charge in [0.25, 0.3) is 11.8 Å². The summed E-state index contributed by atoms with van der Waals surface area (Å²) < 4.78 is 12.1. The first-order valence-electron chi connectivity index (χ1n) is 15.4. The first-order valence-corrected chi connectivity index (χ1v) is 15.4. The van der Waals surface area contributed by atoms with Crippen molar-refractivity contribution in [2.24, 2.45) is 0 Å². The Balaban J connectivity index is 1.28. The number of carbonyl (C=O) groups excluding carboxylic acids is 4. The summed E-state index contributed by atoms with van der Waals surface area (Å²) >= 11 is 0. The Hall–Kier alpha value is -6.02. The number of hydrogen-bond donors (Lipinski definition) is 2. The first kappa shape index (κ1) is 33.3. The van der Waals surface area contributed by atoms with E-state index in [0.717, 1.165) is 22.3 Å². The Morgan fingerprint density at radius 3 is 1.62 bits per heavy atom. The predicted octanol–water partition coefficient (Wildman–Crippen LogP) is 8.45. The van der Waals surface area contributed by atoms with E-state index < -0.39 is 5.91 Å². The number of aryl methyl sites for hydroxylation is 2. The highest BCUT2D eigenvalue weighted by atomic mass is 16.5. The van der Waals surface area contributed by atoms with Crippen molar-refractivity contribution < 1.29 is 28.7 Å². The molecule has 0 aliphatic heterocycles. The zero-order valence-electron chi connectivity index (χ0n) is 27.4. The normalized spacial score (nSPS) is 10.9. The highest BCUT2D eigenvalue weighted by Gasteiger charge is 2.23. The van der Waals surface area contributed by atoms with Gasteiger partial charge in [0.05, 0.1) is 11.1 Å². The molecule has 242 valence electrons. The number of aldehydes is 2. The molecule has 8 heteroatoms. The number of ether oxygens (including phenoxy) is 2. The number of anilines is 1. The van der Waals surface area contributed by atoms with Gasteiger partial charge in [0, 0.05) is 29.3 Å². The van der Waals surface area contributed by atoms with Crippen LogP contribution in [0.1, 0.15) is 77.5 Å². The number of rotatable bonds is 11. The Labute approximate surface area is 279 Å². The summed E-state index contributed by atoms with van der Waals surface area (Å²) in [6, 6.07) is 30.7. The number of para-hydroxylation sites is 1. The third-order valence-corrected chi connectivity index (χ3v) is 8.36. The van der Waals surface area contributed by atoms with Crippen molar-refractivity contribution in [3.63, 3.8) is 0 Å². The minimum atomic E-state index is -0.391. The van der Waals surface area contributed by atoms with Gasteiger partial charge in [-0.1, -0.05) is 56.3 Å². The molecule has 0 bridgehead atoms. The van der Waals surface area contributed by atoms with E-state index in [1.165, 1.54) is 13.1 Å². The number of nitrogens with one attached hydrogen (secondary N) is 2. The summed E-state index contributed by atoms with van der Waals surface area (Å²) in [4.78, 5) is 48.5. The van der Waals surface area contributed by atoms with E-state index in [1.807, 2.05) is 80.6 Å². The Bertz CT molecular complexity index is 1980. The van der Waals surface area contributed by atoms with Crippen LogP contribution in [0, 0.1) is 13.8 Å². The predicted molar refractivity (Wildman–Crippen MR) is 186 cm³/mol. The lowest BCUT2D eigenvalue weighted by atomic mass is 9.78. The van der Waals surface area contributed by atoms with E-state index in [4.69, 9.17) is 9.47 Å². The molecular weight excluding hydrogens is 604 g/mol. The molecule has 0 spiro atoms. The second kappa shape index (κ2) is 14.2. The van der Waals surface area contributed by atoms with E-state index in [0.29, 0.717) is 41.3 Å². The third kappa shape index (κ3) is 7.18. The Kier molecular flexibility index (Phi) is 9.85. The number of carbonyl (C=O) groups is 4. The van der Waals surface area contributed by atoms with Crippen LogP contribution in [0.5, 0.6) is 23.0 Å². The zero-order chi connectivity index (χ0) is 34.4. The van der Waals surface area contributed by atoms with Crippen molar-refractivity contribution in [1.82, 2.24) is 5.32 Å². The van der Waals surface area contributed by atoms with E-state index in [1.54, 1.807) is 30.3 Å². The van der Waals surface area contributed by atoms with Crippen molar-refractivity contribution in [1.29, 1.82) is 0 Å². The van der Waals surface area contributed by atoms with E-state index >= 15 is 0 Å². The summed E-state index contributed by atoms with van der Waals surface area (Å²) in [5, 5.41) is 5.46. The molecule has 0 heterocycles. The zero-order valence-corrected chi connectivity index (χ0v) is 27.4. The van der Waals surface area contributed by atoms with E-state index in [9.17, 15) is 19.2 Å². The topological polar surface area (TPSA) is 111 Å². The van der Waals surface area contributed by atoms with Crippen molar-refractivity contribution >= 4 is 30.1 Å². The molecule has 48 heavy (non-hydrogen) atoms. The highest BCUT2D eigenvalue weighted by molar-refractivity contribution is 6.09. The van der Waals surface area contributed by atoms with Gasteiger partial charge in [-0.15, -0.1) is 0 Å². The van der Waals surface area contributed by atoms with E-state index in [-0.39, 0.29) is 33.6 Å². The van der Waals surface area contributed by atoms with Crippen LogP contribution in [0.3, 0.4) is 0 Å². The van der Waals surface area contributed by atoms with Gasteiger partial charge in [0.2, 0.25) is 0 Å². The smallest absolute Gasteiger partial charge is 0.256 e. The largest absolute Gasteiger partial charge is 0.457 e. The van der Waals surface area contributed by atoms with E-state index in [2.05, 4.69) is 24.5 Å². The van der Waals surface area contributed by atoms with Gasteiger partial charge in [0.1, 0.15) is 23.0 Å². The van der Waals surface area contributed by atoms with Crippen LogP contribution in [0.2, 0.25) is 0 Å². The summed E-state index contributed by atoms with van der Waals surface area (Å²) in [7, 11) is 1.51. The molecule has 2 N–H and O–H groups in total. The standard InChI is InChI=1S/C40H36N2O6/c1-25-7-6-8-26(2)37(25)42-39(46)36-22-34(14-9-27(36)23-43)48-32-17-12-30(13-18-32)40(3,4)29-10-15-31(16-11-29)47-33-19-20-35(38(45)41-5)28(21-33)24-44/h6-24H,1-5H3,(H,41,45)(H,42,46). The lowest BCUT2D eigenvalue weighted by Crippen LogP contribution is -2.19. The molecule has 0 unspecified atom stereocenters. The second-order valence-electron chi connectivity index (χ2n) is 11.9. The Morgan fingerprint density at radius 1 is 0.604 bits per heavy atom. The van der Waals surface area contributed by atoms with Crippen LogP contribution < -0.4 is 20.1 Å². The fourth-order valence-electron chi connectivity index (χ4n) is 5.45. The average molecular weight is 641 g/mol. The molecule has 5 aromatic rings. The maximum absolute atomic E-state index is 13.2. The maximum atomic E-state index is 13.2. The summed E-state index contributed by atoms with van der Waals surface area (Å²) in [6.45, 7) is 8.07. The van der Waals surface area contributed by atoms with Crippen molar-refractivity contribution in [3.05, 3.63) is 148 Å². The van der Waals surface area contributed by atoms with Crippen molar-refractivity contribution in [3.8, 4) is 23.0 Å². The molecule has 2 amide bonds. The molecule has 0 aromatic heterocycles. The second-order valence-corrected chi connectivity index (χ2v) is 11.9. The fourth-order valence-corrected chi connectivity index (χ4v) is 5.45. The molecule has 0 saturated heterocycles. The van der Waals surface area contributed by atoms with Crippen LogP contribution >= 0.6 is 0 Å². The van der Waals surface area contributed by atoms with Crippen molar-refractivity contribution in [2.75, 3.05) is 12.4 Å². The molecule has 0 radical (unpaired) electrons. The monoisotopic (exact) mass is 640 g/mol. The molecule has 5 rings (SSSR count). The van der Waals surface area contributed by atoms with Gasteiger partial charge in [-0.2, -0.15) is 0 Å². The molecule has 0 aliphatic carbocycles. The number of benzene rings is 5. The summed E-state index contributed by atoms with van der Waals surface area (Å²) in [5.41, 5.74) is 5.33. The number of hydrogen-bond acceptors (Lipinski definition) is 6. The summed E-state index contributed by atoms with van der Waals surface area (Å²) in [6.07, 6.45) is 1.29. The molecule has 0 fully saturated rings. The highest BCUT2D eigenvalue weighted by Crippen LogP contribution is 2.35. The SMILES string of the molecule is CNC(=O)c1ccc(Oc2ccc(C(C)(C)c3ccc(Oc4ccc(C=O)c(C(=O)Nc5c(C)cccc5C)c4)cc3)cc2)cc1C=O. The van der Waals surface area contributed by atoms with Crippen LogP contribution in [-0.2, 0) is 5.41 Å². The minimum absolute atomic E-state index is 0.223. The lowest BCUT2D eigenvalue weighted by molar-refractivity contribution is 0.0956. The molecule has 0 atom stereocenters. The minimum Gasteiger partial charge on any atom is -0.457 e. The van der Waals surface area contributed by atoms with Gasteiger partial charge in [-0.25, -0.2) is 0 Å². The summed E-state index contributed by atoms with van der Waals surface area (Å²) in [5.74, 6) is 1.31. The molecular formula is C40H36N2O6. The van der Waals surface area contributed by atoms with Gasteiger partial charge in [0.15, 0.2) is 12.6 Å². The van der Waals surface area contributed by atoms with Gasteiger partial charge in [-0.3, -0.25) is 19.2 Å². The number of amides is 2. The van der Waals surface area contributed by atoms with Crippen LogP contribution in [0.25, 0.3) is 0 Å². The maximum Gasteiger partial charge on any atom is 0.256 e. The van der Waals surface area contributed by atoms with Gasteiger partial charge in [-0.05, 0) is 96.8 Å². The average Bonchev–Trinajstić information content (AvgIpc) is 3.10.